The first-order valence-corrected chi connectivity index (χ1v) is 7.79. The zero-order valence-corrected chi connectivity index (χ0v) is 14.4. The molecule has 0 saturated carbocycles. The first-order valence-electron chi connectivity index (χ1n) is 6.66. The molecule has 2 aromatic rings. The lowest BCUT2D eigenvalue weighted by Gasteiger charge is -2.11. The molecule has 1 N–H and O–H groups in total. The molecule has 6 heteroatoms. The summed E-state index contributed by atoms with van der Waals surface area (Å²) in [7, 11) is 0. The Hall–Kier alpha value is -1.42. The Morgan fingerprint density at radius 1 is 1.00 bits per heavy atom. The van der Waals surface area contributed by atoms with Gasteiger partial charge in [0.25, 0.3) is 0 Å². The maximum atomic E-state index is 6.17. The van der Waals surface area contributed by atoms with Crippen LogP contribution in [0.1, 0.15) is 19.4 Å². The van der Waals surface area contributed by atoms with E-state index in [0.717, 1.165) is 11.3 Å². The molecule has 0 aliphatic heterocycles. The van der Waals surface area contributed by atoms with Gasteiger partial charge in [0.2, 0.25) is 0 Å². The highest BCUT2D eigenvalue weighted by Gasteiger charge is 2.04. The fourth-order valence-electron chi connectivity index (χ4n) is 1.69. The van der Waals surface area contributed by atoms with Gasteiger partial charge in [-0.1, -0.05) is 34.8 Å². The van der Waals surface area contributed by atoms with Crippen LogP contribution < -0.4 is 10.2 Å². The van der Waals surface area contributed by atoms with Crippen LogP contribution in [0.4, 0.5) is 5.69 Å². The molecule has 2 rings (SSSR count). The number of hydrazone groups is 1. The topological polar surface area (TPSA) is 33.6 Å². The van der Waals surface area contributed by atoms with Gasteiger partial charge in [0.1, 0.15) is 5.75 Å². The Morgan fingerprint density at radius 3 is 2.41 bits per heavy atom. The second kappa shape index (κ2) is 7.73. The fourth-order valence-corrected chi connectivity index (χ4v) is 2.23. The predicted octanol–water partition coefficient (Wildman–Crippen LogP) is 5.88. The third kappa shape index (κ3) is 4.80. The quantitative estimate of drug-likeness (QED) is 0.535. The van der Waals surface area contributed by atoms with E-state index in [9.17, 15) is 0 Å². The molecule has 0 fully saturated rings. The molecule has 0 unspecified atom stereocenters. The molecule has 0 bridgehead atoms. The molecular formula is C16H15Cl3N2O. The van der Waals surface area contributed by atoms with Crippen molar-refractivity contribution in [2.45, 2.75) is 20.0 Å². The molecule has 0 amide bonds. The summed E-state index contributed by atoms with van der Waals surface area (Å²) < 4.78 is 5.58. The second-order valence-corrected chi connectivity index (χ2v) is 6.08. The molecule has 116 valence electrons. The van der Waals surface area contributed by atoms with Crippen molar-refractivity contribution >= 4 is 46.7 Å². The minimum atomic E-state index is 0.0772. The average Bonchev–Trinajstić information content (AvgIpc) is 2.45. The van der Waals surface area contributed by atoms with Crippen LogP contribution in [0.5, 0.6) is 5.75 Å². The van der Waals surface area contributed by atoms with Gasteiger partial charge in [-0.15, -0.1) is 0 Å². The Bertz CT molecular complexity index is 687. The number of nitrogens with zero attached hydrogens (tertiary/aromatic N) is 1. The van der Waals surface area contributed by atoms with Crippen LogP contribution in [-0.4, -0.2) is 12.3 Å². The third-order valence-electron chi connectivity index (χ3n) is 2.65. The maximum absolute atomic E-state index is 6.17. The van der Waals surface area contributed by atoms with Gasteiger partial charge in [0, 0.05) is 0 Å². The van der Waals surface area contributed by atoms with E-state index >= 15 is 0 Å². The van der Waals surface area contributed by atoms with Crippen LogP contribution in [-0.2, 0) is 0 Å². The first kappa shape index (κ1) is 16.9. The largest absolute Gasteiger partial charge is 0.489 e. The van der Waals surface area contributed by atoms with E-state index in [1.54, 1.807) is 30.5 Å². The highest BCUT2D eigenvalue weighted by Crippen LogP contribution is 2.26. The van der Waals surface area contributed by atoms with E-state index < -0.39 is 0 Å². The summed E-state index contributed by atoms with van der Waals surface area (Å²) in [6.07, 6.45) is 1.74. The molecule has 3 nitrogen and oxygen atoms in total. The van der Waals surface area contributed by atoms with Gasteiger partial charge in [-0.25, -0.2) is 0 Å². The van der Waals surface area contributed by atoms with Crippen LogP contribution in [0.3, 0.4) is 0 Å². The molecule has 0 aromatic heterocycles. The molecule has 0 heterocycles. The van der Waals surface area contributed by atoms with E-state index in [1.165, 1.54) is 0 Å². The van der Waals surface area contributed by atoms with Gasteiger partial charge in [-0.05, 0) is 55.8 Å². The Kier molecular flexibility index (Phi) is 5.95. The summed E-state index contributed by atoms with van der Waals surface area (Å²) in [4.78, 5) is 0. The number of nitrogens with one attached hydrogen (secondary N) is 1. The van der Waals surface area contributed by atoms with Crippen molar-refractivity contribution in [1.82, 2.24) is 0 Å². The van der Waals surface area contributed by atoms with Gasteiger partial charge in [-0.3, -0.25) is 5.43 Å². The van der Waals surface area contributed by atoms with Crippen LogP contribution in [0.2, 0.25) is 15.1 Å². The number of benzene rings is 2. The molecule has 0 aliphatic rings. The highest BCUT2D eigenvalue weighted by molar-refractivity contribution is 6.42. The molecule has 0 spiro atoms. The van der Waals surface area contributed by atoms with Gasteiger partial charge in [0.15, 0.2) is 0 Å². The number of ether oxygens (including phenoxy) is 1. The third-order valence-corrected chi connectivity index (χ3v) is 3.68. The summed E-state index contributed by atoms with van der Waals surface area (Å²) in [6, 6.07) is 10.7. The van der Waals surface area contributed by atoms with Crippen molar-refractivity contribution < 1.29 is 4.74 Å². The fraction of sp³-hybridized carbons (Fsp3) is 0.188. The lowest BCUT2D eigenvalue weighted by Crippen LogP contribution is -2.05. The summed E-state index contributed by atoms with van der Waals surface area (Å²) in [5, 5.41) is 5.66. The Labute approximate surface area is 144 Å². The summed E-state index contributed by atoms with van der Waals surface area (Å²) in [5.41, 5.74) is 4.48. The number of hydrogen-bond donors (Lipinski definition) is 1. The number of anilines is 1. The second-order valence-electron chi connectivity index (χ2n) is 4.86. The van der Waals surface area contributed by atoms with Crippen LogP contribution in [0, 0.1) is 0 Å². The van der Waals surface area contributed by atoms with Gasteiger partial charge in [-0.2, -0.15) is 5.10 Å². The first-order chi connectivity index (χ1) is 10.5. The van der Waals surface area contributed by atoms with Crippen molar-refractivity contribution in [3.05, 3.63) is 57.0 Å². The van der Waals surface area contributed by atoms with Crippen LogP contribution in [0.25, 0.3) is 0 Å². The van der Waals surface area contributed by atoms with Gasteiger partial charge in [0.05, 0.1) is 33.1 Å². The number of rotatable bonds is 5. The zero-order valence-electron chi connectivity index (χ0n) is 12.1. The molecule has 0 saturated heterocycles. The SMILES string of the molecule is CC(C)Oc1ccc(C=NNc2ccc(Cl)c(Cl)c2)cc1Cl. The van der Waals surface area contributed by atoms with Crippen molar-refractivity contribution in [1.29, 1.82) is 0 Å². The molecule has 0 atom stereocenters. The van der Waals surface area contributed by atoms with Crippen LogP contribution in [0.15, 0.2) is 41.5 Å². The molecular weight excluding hydrogens is 343 g/mol. The summed E-state index contributed by atoms with van der Waals surface area (Å²) in [6.45, 7) is 3.90. The molecule has 0 radical (unpaired) electrons. The lowest BCUT2D eigenvalue weighted by molar-refractivity contribution is 0.242. The summed E-state index contributed by atoms with van der Waals surface area (Å²) in [5.74, 6) is 0.659. The van der Waals surface area contributed by atoms with E-state index in [0.29, 0.717) is 20.8 Å². The van der Waals surface area contributed by atoms with E-state index in [-0.39, 0.29) is 6.10 Å². The average molecular weight is 358 g/mol. The Morgan fingerprint density at radius 2 is 1.77 bits per heavy atom. The normalized spacial score (nSPS) is 11.2. The van der Waals surface area contributed by atoms with Crippen LogP contribution >= 0.6 is 34.8 Å². The zero-order chi connectivity index (χ0) is 16.1. The van der Waals surface area contributed by atoms with Crippen molar-refractivity contribution in [3.63, 3.8) is 0 Å². The van der Waals surface area contributed by atoms with E-state index in [2.05, 4.69) is 10.5 Å². The lowest BCUT2D eigenvalue weighted by atomic mass is 10.2. The maximum Gasteiger partial charge on any atom is 0.138 e. The van der Waals surface area contributed by atoms with Crippen molar-refractivity contribution in [3.8, 4) is 5.75 Å². The smallest absolute Gasteiger partial charge is 0.138 e. The molecule has 22 heavy (non-hydrogen) atoms. The van der Waals surface area contributed by atoms with Crippen molar-refractivity contribution in [2.75, 3.05) is 5.43 Å². The van der Waals surface area contributed by atoms with Crippen molar-refractivity contribution in [2.24, 2.45) is 5.10 Å². The number of halogens is 3. The summed E-state index contributed by atoms with van der Waals surface area (Å²) >= 11 is 18.0. The minimum absolute atomic E-state index is 0.0772. The minimum Gasteiger partial charge on any atom is -0.489 e. The monoisotopic (exact) mass is 356 g/mol. The predicted molar refractivity (Wildman–Crippen MR) is 94.9 cm³/mol. The van der Waals surface area contributed by atoms with E-state index in [1.807, 2.05) is 26.0 Å². The standard InChI is InChI=1S/C16H15Cl3N2O/c1-10(2)22-16-6-3-11(7-15(16)19)9-20-21-12-4-5-13(17)14(18)8-12/h3-10,21H,1-2H3. The highest BCUT2D eigenvalue weighted by atomic mass is 35.5. The van der Waals surface area contributed by atoms with E-state index in [4.69, 9.17) is 39.5 Å². The molecule has 2 aromatic carbocycles. The molecule has 0 aliphatic carbocycles. The van der Waals surface area contributed by atoms with Gasteiger partial charge >= 0.3 is 0 Å². The van der Waals surface area contributed by atoms with Gasteiger partial charge < -0.3 is 4.74 Å². The Balaban J connectivity index is 2.03. The number of hydrogen-bond acceptors (Lipinski definition) is 3.